The molecular formula is C12H17ClN4O2. The number of H-pyrrole nitrogens is 2. The highest BCUT2D eigenvalue weighted by Gasteiger charge is 2.36. The topological polar surface area (TPSA) is 72.2 Å². The summed E-state index contributed by atoms with van der Waals surface area (Å²) in [6, 6.07) is 0. The van der Waals surface area contributed by atoms with Gasteiger partial charge in [0.1, 0.15) is 11.5 Å². The second-order valence-electron chi connectivity index (χ2n) is 4.40. The molecule has 1 aromatic rings. The molecule has 6 nitrogen and oxygen atoms in total. The molecule has 0 fully saturated rings. The first kappa shape index (κ1) is 13.7. The molecule has 0 saturated heterocycles. The van der Waals surface area contributed by atoms with E-state index >= 15 is 0 Å². The third kappa shape index (κ3) is 2.40. The van der Waals surface area contributed by atoms with Gasteiger partial charge in [-0.25, -0.2) is 4.79 Å². The van der Waals surface area contributed by atoms with Crippen LogP contribution in [0.15, 0.2) is 22.2 Å². The Morgan fingerprint density at radius 3 is 2.74 bits per heavy atom. The molecule has 0 bridgehead atoms. The number of nitrogens with one attached hydrogen (secondary N) is 2. The zero-order valence-corrected chi connectivity index (χ0v) is 11.5. The van der Waals surface area contributed by atoms with Crippen LogP contribution in [0.25, 0.3) is 0 Å². The molecule has 1 aliphatic heterocycles. The first-order chi connectivity index (χ1) is 9.10. The lowest BCUT2D eigenvalue weighted by Gasteiger charge is -2.26. The van der Waals surface area contributed by atoms with Crippen molar-refractivity contribution in [3.63, 3.8) is 0 Å². The van der Waals surface area contributed by atoms with Crippen molar-refractivity contribution in [2.24, 2.45) is 0 Å². The maximum atomic E-state index is 11.9. The highest BCUT2D eigenvalue weighted by Crippen LogP contribution is 2.35. The normalized spacial score (nSPS) is 17.7. The summed E-state index contributed by atoms with van der Waals surface area (Å²) < 4.78 is 0. The quantitative estimate of drug-likeness (QED) is 0.484. The minimum atomic E-state index is -0.519. The van der Waals surface area contributed by atoms with E-state index in [1.54, 1.807) is 11.0 Å². The number of hydrogen-bond donors (Lipinski definition) is 2. The predicted octanol–water partition coefficient (Wildman–Crippen LogP) is 1.20. The molecule has 0 radical (unpaired) electrons. The van der Waals surface area contributed by atoms with Crippen molar-refractivity contribution >= 4 is 23.1 Å². The van der Waals surface area contributed by atoms with Gasteiger partial charge in [0.2, 0.25) is 0 Å². The van der Waals surface area contributed by atoms with Crippen molar-refractivity contribution in [1.82, 2.24) is 9.97 Å². The van der Waals surface area contributed by atoms with E-state index in [9.17, 15) is 9.59 Å². The first-order valence-corrected chi connectivity index (χ1v) is 6.68. The molecule has 2 rings (SSSR count). The van der Waals surface area contributed by atoms with Crippen LogP contribution in [0.3, 0.4) is 0 Å². The third-order valence-corrected chi connectivity index (χ3v) is 3.54. The van der Waals surface area contributed by atoms with Gasteiger partial charge in [-0.15, -0.1) is 6.58 Å². The Kier molecular flexibility index (Phi) is 3.99. The summed E-state index contributed by atoms with van der Waals surface area (Å²) in [6.45, 7) is 6.86. The molecule has 104 valence electrons. The summed E-state index contributed by atoms with van der Waals surface area (Å²) in [7, 11) is 0. The van der Waals surface area contributed by atoms with Crippen LogP contribution in [0.1, 0.15) is 19.8 Å². The van der Waals surface area contributed by atoms with Gasteiger partial charge in [-0.1, -0.05) is 31.0 Å². The van der Waals surface area contributed by atoms with Gasteiger partial charge in [-0.3, -0.25) is 14.8 Å². The minimum Gasteiger partial charge on any atom is -0.327 e. The van der Waals surface area contributed by atoms with E-state index in [1.165, 1.54) is 0 Å². The summed E-state index contributed by atoms with van der Waals surface area (Å²) >= 11 is 6.38. The van der Waals surface area contributed by atoms with Gasteiger partial charge in [0.15, 0.2) is 5.62 Å². The van der Waals surface area contributed by atoms with Crippen LogP contribution in [0, 0.1) is 0 Å². The fourth-order valence-electron chi connectivity index (χ4n) is 2.19. The Balaban J connectivity index is 2.49. The van der Waals surface area contributed by atoms with Crippen molar-refractivity contribution in [1.29, 1.82) is 0 Å². The van der Waals surface area contributed by atoms with Crippen LogP contribution >= 0.6 is 11.6 Å². The highest BCUT2D eigenvalue weighted by atomic mass is 35.5. The van der Waals surface area contributed by atoms with Crippen molar-refractivity contribution in [2.75, 3.05) is 22.9 Å². The van der Waals surface area contributed by atoms with E-state index < -0.39 is 16.9 Å². The lowest BCUT2D eigenvalue weighted by molar-refractivity contribution is 0.687. The molecule has 2 heterocycles. The number of hydrogen-bond acceptors (Lipinski definition) is 4. The fraction of sp³-hybridized carbons (Fsp3) is 0.500. The SMILES string of the molecule is C=CCN1c2c([nH]c(=O)[nH]c2=O)N(CCCC)C1Cl. The average Bonchev–Trinajstić information content (AvgIpc) is 2.61. The number of unbranched alkanes of at least 4 members (excludes halogenated alkanes) is 1. The summed E-state index contributed by atoms with van der Waals surface area (Å²) in [4.78, 5) is 31.8. The molecule has 1 aliphatic rings. The van der Waals surface area contributed by atoms with E-state index in [0.29, 0.717) is 24.6 Å². The van der Waals surface area contributed by atoms with E-state index in [-0.39, 0.29) is 0 Å². The number of rotatable bonds is 5. The van der Waals surface area contributed by atoms with Crippen molar-refractivity contribution in [2.45, 2.75) is 25.4 Å². The van der Waals surface area contributed by atoms with Crippen LogP contribution < -0.4 is 21.0 Å². The number of halogens is 1. The van der Waals surface area contributed by atoms with E-state index in [0.717, 1.165) is 12.8 Å². The predicted molar refractivity (Wildman–Crippen MR) is 77.1 cm³/mol. The summed E-state index contributed by atoms with van der Waals surface area (Å²) in [5.41, 5.74) is -1.03. The lowest BCUT2D eigenvalue weighted by Crippen LogP contribution is -2.40. The molecule has 0 amide bonds. The molecule has 1 atom stereocenters. The molecule has 0 aliphatic carbocycles. The first-order valence-electron chi connectivity index (χ1n) is 6.25. The average molecular weight is 285 g/mol. The number of anilines is 2. The molecule has 2 N–H and O–H groups in total. The van der Waals surface area contributed by atoms with Gasteiger partial charge in [-0.05, 0) is 6.42 Å². The smallest absolute Gasteiger partial charge is 0.327 e. The van der Waals surface area contributed by atoms with Crippen LogP contribution in [0.4, 0.5) is 11.5 Å². The largest absolute Gasteiger partial charge is 0.327 e. The van der Waals surface area contributed by atoms with Gasteiger partial charge in [-0.2, -0.15) is 0 Å². The molecule has 0 spiro atoms. The molecular weight excluding hydrogens is 268 g/mol. The Morgan fingerprint density at radius 2 is 2.11 bits per heavy atom. The molecule has 0 saturated carbocycles. The van der Waals surface area contributed by atoms with Gasteiger partial charge in [0.25, 0.3) is 5.56 Å². The number of fused-ring (bicyclic) bond motifs is 1. The van der Waals surface area contributed by atoms with Gasteiger partial charge in [0.05, 0.1) is 0 Å². The summed E-state index contributed by atoms with van der Waals surface area (Å²) in [5, 5.41) is 0. The van der Waals surface area contributed by atoms with Crippen LogP contribution in [0.2, 0.25) is 0 Å². The van der Waals surface area contributed by atoms with E-state index in [2.05, 4.69) is 23.5 Å². The number of aromatic amines is 2. The minimum absolute atomic E-state index is 0.399. The zero-order chi connectivity index (χ0) is 14.0. The van der Waals surface area contributed by atoms with Crippen molar-refractivity contribution < 1.29 is 0 Å². The highest BCUT2D eigenvalue weighted by molar-refractivity contribution is 6.24. The Bertz CT molecular complexity index is 580. The second kappa shape index (κ2) is 5.52. The number of alkyl halides is 1. The van der Waals surface area contributed by atoms with Crippen LogP contribution in [0.5, 0.6) is 0 Å². The third-order valence-electron chi connectivity index (χ3n) is 3.07. The molecule has 0 aromatic carbocycles. The fourth-order valence-corrected chi connectivity index (χ4v) is 2.56. The zero-order valence-electron chi connectivity index (χ0n) is 10.8. The maximum absolute atomic E-state index is 11.9. The number of nitrogens with zero attached hydrogens (tertiary/aromatic N) is 2. The Hall–Kier alpha value is -1.69. The van der Waals surface area contributed by atoms with Crippen LogP contribution in [-0.2, 0) is 0 Å². The standard InChI is InChI=1S/C12H17ClN4O2/c1-3-5-7-17-9-8(10(18)15-12(19)14-9)16(6-4-2)11(17)13/h4,11H,2-3,5-7H2,1H3,(H2,14,15,18,19). The Morgan fingerprint density at radius 1 is 1.37 bits per heavy atom. The summed E-state index contributed by atoms with van der Waals surface area (Å²) in [5.74, 6) is 0.490. The molecule has 1 aromatic heterocycles. The molecule has 1 unspecified atom stereocenters. The van der Waals surface area contributed by atoms with Gasteiger partial charge >= 0.3 is 5.69 Å². The number of aromatic nitrogens is 2. The Labute approximate surface area is 115 Å². The molecule has 7 heteroatoms. The monoisotopic (exact) mass is 284 g/mol. The van der Waals surface area contributed by atoms with Gasteiger partial charge in [0, 0.05) is 13.1 Å². The maximum Gasteiger partial charge on any atom is 0.327 e. The van der Waals surface area contributed by atoms with Gasteiger partial charge < -0.3 is 9.80 Å². The van der Waals surface area contributed by atoms with Crippen molar-refractivity contribution in [3.05, 3.63) is 33.5 Å². The van der Waals surface area contributed by atoms with E-state index in [4.69, 9.17) is 11.6 Å². The lowest BCUT2D eigenvalue weighted by atomic mass is 10.3. The van der Waals surface area contributed by atoms with Crippen LogP contribution in [-0.4, -0.2) is 28.7 Å². The van der Waals surface area contributed by atoms with Crippen molar-refractivity contribution in [3.8, 4) is 0 Å². The second-order valence-corrected chi connectivity index (χ2v) is 4.79. The van der Waals surface area contributed by atoms with E-state index in [1.807, 2.05) is 4.90 Å². The molecule has 19 heavy (non-hydrogen) atoms. The summed E-state index contributed by atoms with van der Waals surface area (Å²) in [6.07, 6.45) is 3.61.